The molecule has 1 aliphatic carbocycles. The fourth-order valence-corrected chi connectivity index (χ4v) is 2.79. The van der Waals surface area contributed by atoms with E-state index in [1.165, 1.54) is 4.90 Å². The fraction of sp³-hybridized carbons (Fsp3) is 0.867. The Kier molecular flexibility index (Phi) is 5.99. The van der Waals surface area contributed by atoms with Crippen molar-refractivity contribution in [2.24, 2.45) is 17.1 Å². The summed E-state index contributed by atoms with van der Waals surface area (Å²) in [4.78, 5) is 27.8. The third-order valence-electron chi connectivity index (χ3n) is 4.57. The van der Waals surface area contributed by atoms with E-state index in [1.807, 2.05) is 6.92 Å². The summed E-state index contributed by atoms with van der Waals surface area (Å²) in [6.07, 6.45) is 3.77. The zero-order valence-electron chi connectivity index (χ0n) is 13.3. The van der Waals surface area contributed by atoms with Crippen LogP contribution < -0.4 is 5.73 Å². The summed E-state index contributed by atoms with van der Waals surface area (Å²) in [5, 5.41) is 0. The lowest BCUT2D eigenvalue weighted by atomic mass is 9.70. The number of nitrogens with zero attached hydrogens (tertiary/aromatic N) is 2. The first-order chi connectivity index (χ1) is 9.36. The van der Waals surface area contributed by atoms with Crippen LogP contribution in [-0.2, 0) is 9.59 Å². The maximum absolute atomic E-state index is 12.8. The van der Waals surface area contributed by atoms with E-state index in [0.717, 1.165) is 25.7 Å². The van der Waals surface area contributed by atoms with E-state index in [4.69, 9.17) is 5.73 Å². The number of carbonyl (C=O) groups is 2. The number of likely N-dealkylation sites (N-methyl/N-ethyl adjacent to an activating group) is 2. The van der Waals surface area contributed by atoms with Gasteiger partial charge in [0, 0.05) is 27.2 Å². The van der Waals surface area contributed by atoms with Gasteiger partial charge in [0.15, 0.2) is 0 Å². The molecule has 1 rings (SSSR count). The highest BCUT2D eigenvalue weighted by atomic mass is 16.2. The van der Waals surface area contributed by atoms with Crippen LogP contribution >= 0.6 is 0 Å². The topological polar surface area (TPSA) is 66.6 Å². The molecule has 20 heavy (non-hydrogen) atoms. The Labute approximate surface area is 122 Å². The molecule has 116 valence electrons. The summed E-state index contributed by atoms with van der Waals surface area (Å²) in [5.74, 6) is 0.683. The summed E-state index contributed by atoms with van der Waals surface area (Å²) in [5.41, 5.74) is 5.48. The lowest BCUT2D eigenvalue weighted by molar-refractivity contribution is -0.148. The van der Waals surface area contributed by atoms with Crippen LogP contribution in [0.1, 0.15) is 39.5 Å². The fourth-order valence-electron chi connectivity index (χ4n) is 2.79. The third-order valence-corrected chi connectivity index (χ3v) is 4.57. The van der Waals surface area contributed by atoms with E-state index in [1.54, 1.807) is 19.0 Å². The molecule has 1 fully saturated rings. The second-order valence-electron chi connectivity index (χ2n) is 6.27. The molecular weight excluding hydrogens is 254 g/mol. The molecule has 1 aliphatic rings. The smallest absolute Gasteiger partial charge is 0.241 e. The molecule has 0 heterocycles. The molecule has 2 amide bonds. The Balaban J connectivity index is 2.80. The number of rotatable bonds is 5. The van der Waals surface area contributed by atoms with Crippen LogP contribution in [0.5, 0.6) is 0 Å². The lowest BCUT2D eigenvalue weighted by Gasteiger charge is -2.40. The third kappa shape index (κ3) is 3.72. The van der Waals surface area contributed by atoms with Gasteiger partial charge in [0.2, 0.25) is 11.8 Å². The molecule has 0 atom stereocenters. The molecule has 0 saturated heterocycles. The van der Waals surface area contributed by atoms with Gasteiger partial charge in [0.1, 0.15) is 0 Å². The SMILES string of the molecule is CCN(CC(=O)N(C)C)C(=O)C1(CN)CCC(C)CC1. The van der Waals surface area contributed by atoms with Crippen molar-refractivity contribution >= 4 is 11.8 Å². The maximum atomic E-state index is 12.8. The van der Waals surface area contributed by atoms with Gasteiger partial charge < -0.3 is 15.5 Å². The second kappa shape index (κ2) is 7.07. The first-order valence-electron chi connectivity index (χ1n) is 7.56. The van der Waals surface area contributed by atoms with Crippen molar-refractivity contribution in [1.82, 2.24) is 9.80 Å². The maximum Gasteiger partial charge on any atom is 0.241 e. The lowest BCUT2D eigenvalue weighted by Crippen LogP contribution is -2.52. The quantitative estimate of drug-likeness (QED) is 0.821. The summed E-state index contributed by atoms with van der Waals surface area (Å²) in [6.45, 7) is 5.22. The Morgan fingerprint density at radius 3 is 2.20 bits per heavy atom. The zero-order chi connectivity index (χ0) is 15.3. The van der Waals surface area contributed by atoms with E-state index in [0.29, 0.717) is 19.0 Å². The number of amides is 2. The van der Waals surface area contributed by atoms with Gasteiger partial charge in [-0.1, -0.05) is 6.92 Å². The van der Waals surface area contributed by atoms with Gasteiger partial charge in [-0.25, -0.2) is 0 Å². The van der Waals surface area contributed by atoms with Crippen LogP contribution in [0.15, 0.2) is 0 Å². The highest BCUT2D eigenvalue weighted by Gasteiger charge is 2.42. The average molecular weight is 283 g/mol. The second-order valence-corrected chi connectivity index (χ2v) is 6.27. The van der Waals surface area contributed by atoms with Gasteiger partial charge in [-0.05, 0) is 38.5 Å². The van der Waals surface area contributed by atoms with E-state index >= 15 is 0 Å². The van der Waals surface area contributed by atoms with Crippen LogP contribution in [0.25, 0.3) is 0 Å². The summed E-state index contributed by atoms with van der Waals surface area (Å²) < 4.78 is 0. The predicted molar refractivity (Wildman–Crippen MR) is 80.1 cm³/mol. The molecule has 0 aliphatic heterocycles. The summed E-state index contributed by atoms with van der Waals surface area (Å²) in [6, 6.07) is 0. The van der Waals surface area contributed by atoms with E-state index in [9.17, 15) is 9.59 Å². The molecule has 0 aromatic rings. The highest BCUT2D eigenvalue weighted by Crippen LogP contribution is 2.39. The van der Waals surface area contributed by atoms with Gasteiger partial charge in [-0.3, -0.25) is 9.59 Å². The normalized spacial score (nSPS) is 26.1. The monoisotopic (exact) mass is 283 g/mol. The van der Waals surface area contributed by atoms with Crippen molar-refractivity contribution in [1.29, 1.82) is 0 Å². The van der Waals surface area contributed by atoms with Crippen LogP contribution in [0, 0.1) is 11.3 Å². The Morgan fingerprint density at radius 2 is 1.80 bits per heavy atom. The molecule has 5 nitrogen and oxygen atoms in total. The minimum absolute atomic E-state index is 0.0449. The minimum atomic E-state index is -0.449. The first-order valence-corrected chi connectivity index (χ1v) is 7.56. The summed E-state index contributed by atoms with van der Waals surface area (Å²) >= 11 is 0. The highest BCUT2D eigenvalue weighted by molar-refractivity contribution is 5.88. The minimum Gasteiger partial charge on any atom is -0.347 e. The zero-order valence-corrected chi connectivity index (χ0v) is 13.3. The Bertz CT molecular complexity index is 347. The van der Waals surface area contributed by atoms with Gasteiger partial charge in [-0.2, -0.15) is 0 Å². The number of carbonyl (C=O) groups excluding carboxylic acids is 2. The van der Waals surface area contributed by atoms with Gasteiger partial charge in [-0.15, -0.1) is 0 Å². The van der Waals surface area contributed by atoms with Crippen LogP contribution in [0.3, 0.4) is 0 Å². The average Bonchev–Trinajstić information content (AvgIpc) is 2.44. The number of nitrogens with two attached hydrogens (primary N) is 1. The molecular formula is C15H29N3O2. The largest absolute Gasteiger partial charge is 0.347 e. The van der Waals surface area contributed by atoms with Crippen molar-refractivity contribution in [3.8, 4) is 0 Å². The Hall–Kier alpha value is -1.10. The molecule has 0 unspecified atom stereocenters. The van der Waals surface area contributed by atoms with Crippen molar-refractivity contribution in [2.45, 2.75) is 39.5 Å². The molecule has 5 heteroatoms. The van der Waals surface area contributed by atoms with E-state index in [2.05, 4.69) is 6.92 Å². The van der Waals surface area contributed by atoms with Crippen LogP contribution in [0.2, 0.25) is 0 Å². The van der Waals surface area contributed by atoms with Crippen molar-refractivity contribution in [3.05, 3.63) is 0 Å². The molecule has 0 aromatic carbocycles. The Morgan fingerprint density at radius 1 is 1.25 bits per heavy atom. The molecule has 0 bridgehead atoms. The van der Waals surface area contributed by atoms with Crippen LogP contribution in [-0.4, -0.2) is 55.3 Å². The number of hydrogen-bond donors (Lipinski definition) is 1. The van der Waals surface area contributed by atoms with Crippen molar-refractivity contribution in [3.63, 3.8) is 0 Å². The molecule has 0 spiro atoms. The van der Waals surface area contributed by atoms with Crippen LogP contribution in [0.4, 0.5) is 0 Å². The van der Waals surface area contributed by atoms with Crippen molar-refractivity contribution < 1.29 is 9.59 Å². The predicted octanol–water partition coefficient (Wildman–Crippen LogP) is 1.08. The number of hydrogen-bond acceptors (Lipinski definition) is 3. The molecule has 0 radical (unpaired) electrons. The van der Waals surface area contributed by atoms with E-state index < -0.39 is 5.41 Å². The molecule has 0 aromatic heterocycles. The molecule has 1 saturated carbocycles. The van der Waals surface area contributed by atoms with E-state index in [-0.39, 0.29) is 18.4 Å². The molecule has 2 N–H and O–H groups in total. The standard InChI is InChI=1S/C15H29N3O2/c1-5-18(10-13(19)17(3)4)14(20)15(11-16)8-6-12(2)7-9-15/h12H,5-11,16H2,1-4H3. The summed E-state index contributed by atoms with van der Waals surface area (Å²) in [7, 11) is 3.42. The first kappa shape index (κ1) is 17.0. The van der Waals surface area contributed by atoms with Gasteiger partial charge >= 0.3 is 0 Å². The van der Waals surface area contributed by atoms with Gasteiger partial charge in [0.25, 0.3) is 0 Å². The van der Waals surface area contributed by atoms with Gasteiger partial charge in [0.05, 0.1) is 12.0 Å². The van der Waals surface area contributed by atoms with Crippen molar-refractivity contribution in [2.75, 3.05) is 33.7 Å².